The third-order valence-electron chi connectivity index (χ3n) is 5.40. The number of rotatable bonds is 6. The lowest BCUT2D eigenvalue weighted by atomic mass is 10.1. The van der Waals surface area contributed by atoms with Crippen LogP contribution in [-0.4, -0.2) is 43.4 Å². The fourth-order valence-corrected chi connectivity index (χ4v) is 5.38. The molecule has 0 radical (unpaired) electrons. The molecule has 1 aromatic heterocycles. The summed E-state index contributed by atoms with van der Waals surface area (Å²) in [7, 11) is -3.53. The fourth-order valence-electron chi connectivity index (χ4n) is 3.81. The number of amides is 2. The predicted molar refractivity (Wildman–Crippen MR) is 118 cm³/mol. The number of para-hydroxylation sites is 1. The summed E-state index contributed by atoms with van der Waals surface area (Å²) in [6.45, 7) is 1.57. The molecule has 2 heterocycles. The molecule has 8 heteroatoms. The number of sulfonamides is 1. The van der Waals surface area contributed by atoms with Crippen LogP contribution in [0.4, 0.5) is 10.5 Å². The maximum atomic E-state index is 12.8. The number of fused-ring (bicyclic) bond motifs is 1. The second kappa shape index (κ2) is 8.89. The highest BCUT2D eigenvalue weighted by atomic mass is 32.2. The lowest BCUT2D eigenvalue weighted by molar-refractivity contribution is 0.252. The molecule has 1 saturated heterocycles. The topological polar surface area (TPSA) is 94.3 Å². The first-order valence-electron chi connectivity index (χ1n) is 10.2. The van der Waals surface area contributed by atoms with Gasteiger partial charge in [0.25, 0.3) is 0 Å². The molecule has 3 N–H and O–H groups in total. The Morgan fingerprint density at radius 2 is 1.83 bits per heavy atom. The highest BCUT2D eigenvalue weighted by Crippen LogP contribution is 2.23. The molecule has 30 heavy (non-hydrogen) atoms. The fraction of sp³-hybridized carbons (Fsp3) is 0.318. The first-order valence-corrected chi connectivity index (χ1v) is 11.7. The molecule has 2 aromatic carbocycles. The highest BCUT2D eigenvalue weighted by molar-refractivity contribution is 7.89. The van der Waals surface area contributed by atoms with Crippen LogP contribution < -0.4 is 10.6 Å². The predicted octanol–water partition coefficient (Wildman–Crippen LogP) is 3.71. The Morgan fingerprint density at radius 3 is 2.67 bits per heavy atom. The zero-order valence-corrected chi connectivity index (χ0v) is 17.5. The standard InChI is InChI=1S/C22H26N4O3S/c27-22(23-12-11-17-16-24-21-10-3-2-9-20(17)21)25-18-7-6-8-19(15-18)30(28,29)26-13-4-1-5-14-26/h2-3,6-10,15-16,24H,1,4-5,11-14H2,(H2,23,25,27). The number of anilines is 1. The normalized spacial score (nSPS) is 15.2. The Morgan fingerprint density at radius 1 is 1.03 bits per heavy atom. The van der Waals surface area contributed by atoms with Crippen molar-refractivity contribution < 1.29 is 13.2 Å². The van der Waals surface area contributed by atoms with E-state index in [0.717, 1.165) is 35.7 Å². The van der Waals surface area contributed by atoms with Crippen LogP contribution in [0.5, 0.6) is 0 Å². The molecule has 158 valence electrons. The van der Waals surface area contributed by atoms with Crippen LogP contribution in [0.25, 0.3) is 10.9 Å². The zero-order chi connectivity index (χ0) is 21.0. The van der Waals surface area contributed by atoms with E-state index < -0.39 is 10.0 Å². The van der Waals surface area contributed by atoms with Gasteiger partial charge < -0.3 is 15.6 Å². The Labute approximate surface area is 176 Å². The molecule has 0 atom stereocenters. The van der Waals surface area contributed by atoms with Crippen LogP contribution >= 0.6 is 0 Å². The summed E-state index contributed by atoms with van der Waals surface area (Å²) >= 11 is 0. The molecule has 1 aliphatic heterocycles. The third-order valence-corrected chi connectivity index (χ3v) is 7.29. The molecule has 0 saturated carbocycles. The summed E-state index contributed by atoms with van der Waals surface area (Å²) in [6, 6.07) is 14.1. The Bertz CT molecular complexity index is 1130. The molecule has 2 amide bonds. The maximum Gasteiger partial charge on any atom is 0.319 e. The molecule has 3 aromatic rings. The molecule has 7 nitrogen and oxygen atoms in total. The van der Waals surface area contributed by atoms with Gasteiger partial charge in [0, 0.05) is 42.4 Å². The number of nitrogens with one attached hydrogen (secondary N) is 3. The Hall–Kier alpha value is -2.84. The first-order chi connectivity index (χ1) is 14.5. The van der Waals surface area contributed by atoms with E-state index in [0.29, 0.717) is 31.7 Å². The number of hydrogen-bond donors (Lipinski definition) is 3. The van der Waals surface area contributed by atoms with Crippen molar-refractivity contribution in [1.82, 2.24) is 14.6 Å². The van der Waals surface area contributed by atoms with Gasteiger partial charge in [-0.3, -0.25) is 0 Å². The maximum absolute atomic E-state index is 12.8. The van der Waals surface area contributed by atoms with Gasteiger partial charge in [0.1, 0.15) is 0 Å². The van der Waals surface area contributed by atoms with Crippen molar-refractivity contribution in [1.29, 1.82) is 0 Å². The van der Waals surface area contributed by atoms with Gasteiger partial charge in [-0.15, -0.1) is 0 Å². The second-order valence-electron chi connectivity index (χ2n) is 7.48. The first kappa shape index (κ1) is 20.4. The van der Waals surface area contributed by atoms with E-state index >= 15 is 0 Å². The van der Waals surface area contributed by atoms with Gasteiger partial charge in [0.15, 0.2) is 0 Å². The number of piperidine rings is 1. The SMILES string of the molecule is O=C(NCCc1c[nH]c2ccccc12)Nc1cccc(S(=O)(=O)N2CCCCC2)c1. The zero-order valence-electron chi connectivity index (χ0n) is 16.7. The van der Waals surface area contributed by atoms with E-state index in [1.165, 1.54) is 10.4 Å². The molecule has 0 aliphatic carbocycles. The minimum atomic E-state index is -3.53. The molecule has 1 fully saturated rings. The number of urea groups is 1. The van der Waals surface area contributed by atoms with Crippen LogP contribution in [0.1, 0.15) is 24.8 Å². The van der Waals surface area contributed by atoms with E-state index in [9.17, 15) is 13.2 Å². The van der Waals surface area contributed by atoms with Crippen molar-refractivity contribution in [2.75, 3.05) is 25.0 Å². The number of hydrogen-bond acceptors (Lipinski definition) is 3. The van der Waals surface area contributed by atoms with Gasteiger partial charge in [0.2, 0.25) is 10.0 Å². The van der Waals surface area contributed by atoms with Gasteiger partial charge in [-0.1, -0.05) is 30.7 Å². The largest absolute Gasteiger partial charge is 0.361 e. The highest BCUT2D eigenvalue weighted by Gasteiger charge is 2.26. The Kier molecular flexibility index (Phi) is 6.06. The molecular formula is C22H26N4O3S. The number of carbonyl (C=O) groups excluding carboxylic acids is 1. The van der Waals surface area contributed by atoms with Gasteiger partial charge in [-0.05, 0) is 49.1 Å². The number of aromatic amines is 1. The van der Waals surface area contributed by atoms with Gasteiger partial charge in [-0.2, -0.15) is 4.31 Å². The van der Waals surface area contributed by atoms with E-state index in [2.05, 4.69) is 21.7 Å². The summed E-state index contributed by atoms with van der Waals surface area (Å²) < 4.78 is 27.2. The minimum Gasteiger partial charge on any atom is -0.361 e. The van der Waals surface area contributed by atoms with Gasteiger partial charge in [-0.25, -0.2) is 13.2 Å². The summed E-state index contributed by atoms with van der Waals surface area (Å²) in [5.41, 5.74) is 2.67. The smallest absolute Gasteiger partial charge is 0.319 e. The van der Waals surface area contributed by atoms with Crippen LogP contribution in [0, 0.1) is 0 Å². The molecule has 0 bridgehead atoms. The van der Waals surface area contributed by atoms with Crippen molar-refractivity contribution in [2.24, 2.45) is 0 Å². The number of carbonyl (C=O) groups is 1. The van der Waals surface area contributed by atoms with E-state index in [-0.39, 0.29) is 10.9 Å². The van der Waals surface area contributed by atoms with Crippen molar-refractivity contribution in [3.8, 4) is 0 Å². The number of H-pyrrole nitrogens is 1. The van der Waals surface area contributed by atoms with Crippen molar-refractivity contribution in [3.05, 3.63) is 60.3 Å². The third kappa shape index (κ3) is 4.49. The summed E-state index contributed by atoms with van der Waals surface area (Å²) in [5.74, 6) is 0. The average molecular weight is 427 g/mol. The number of benzene rings is 2. The van der Waals surface area contributed by atoms with Crippen LogP contribution in [0.15, 0.2) is 59.6 Å². The van der Waals surface area contributed by atoms with Crippen LogP contribution in [0.3, 0.4) is 0 Å². The van der Waals surface area contributed by atoms with E-state index in [1.54, 1.807) is 18.2 Å². The van der Waals surface area contributed by atoms with Crippen molar-refractivity contribution >= 4 is 32.6 Å². The van der Waals surface area contributed by atoms with Gasteiger partial charge >= 0.3 is 6.03 Å². The van der Waals surface area contributed by atoms with E-state index in [4.69, 9.17) is 0 Å². The van der Waals surface area contributed by atoms with Gasteiger partial charge in [0.05, 0.1) is 4.90 Å². The molecule has 0 spiro atoms. The van der Waals surface area contributed by atoms with E-state index in [1.807, 2.05) is 24.4 Å². The number of aromatic nitrogens is 1. The van der Waals surface area contributed by atoms with Crippen LogP contribution in [0.2, 0.25) is 0 Å². The summed E-state index contributed by atoms with van der Waals surface area (Å²) in [6.07, 6.45) is 5.48. The Balaban J connectivity index is 1.35. The van der Waals surface area contributed by atoms with Crippen LogP contribution in [-0.2, 0) is 16.4 Å². The molecule has 1 aliphatic rings. The quantitative estimate of drug-likeness (QED) is 0.561. The lowest BCUT2D eigenvalue weighted by Crippen LogP contribution is -2.35. The summed E-state index contributed by atoms with van der Waals surface area (Å²) in [5, 5.41) is 6.71. The summed E-state index contributed by atoms with van der Waals surface area (Å²) in [4.78, 5) is 15.7. The molecule has 4 rings (SSSR count). The number of nitrogens with zero attached hydrogens (tertiary/aromatic N) is 1. The minimum absolute atomic E-state index is 0.209. The second-order valence-corrected chi connectivity index (χ2v) is 9.42. The molecule has 0 unspecified atom stereocenters. The van der Waals surface area contributed by atoms with Crippen molar-refractivity contribution in [3.63, 3.8) is 0 Å². The monoisotopic (exact) mass is 426 g/mol. The molecular weight excluding hydrogens is 400 g/mol. The lowest BCUT2D eigenvalue weighted by Gasteiger charge is -2.26. The van der Waals surface area contributed by atoms with Crippen molar-refractivity contribution in [2.45, 2.75) is 30.6 Å². The average Bonchev–Trinajstić information content (AvgIpc) is 3.18.